The fourth-order valence-corrected chi connectivity index (χ4v) is 10.0. The zero-order valence-corrected chi connectivity index (χ0v) is 36.5. The number of carbonyl (C=O) groups is 1. The van der Waals surface area contributed by atoms with Crippen LogP contribution in [0.3, 0.4) is 0 Å². The third-order valence-corrected chi connectivity index (χ3v) is 13.2. The Morgan fingerprint density at radius 2 is 1.62 bits per heavy atom. The van der Waals surface area contributed by atoms with Crippen molar-refractivity contribution in [1.82, 2.24) is 4.90 Å². The number of ether oxygens (including phenoxy) is 3. The molecular weight excluding hydrogens is 749 g/mol. The van der Waals surface area contributed by atoms with E-state index in [-0.39, 0.29) is 49.4 Å². The fourth-order valence-electron chi connectivity index (χ4n) is 9.62. The van der Waals surface area contributed by atoms with Crippen LogP contribution in [0.25, 0.3) is 0 Å². The molecule has 0 aromatic heterocycles. The predicted octanol–water partition coefficient (Wildman–Crippen LogP) is 10.8. The Hall–Kier alpha value is -3.31. The molecule has 2 aromatic carbocycles. The van der Waals surface area contributed by atoms with Crippen molar-refractivity contribution in [1.29, 1.82) is 0 Å². The van der Waals surface area contributed by atoms with Crippen molar-refractivity contribution in [2.75, 3.05) is 40.2 Å². The quantitative estimate of drug-likeness (QED) is 0.0418. The average Bonchev–Trinajstić information content (AvgIpc) is 3.24. The van der Waals surface area contributed by atoms with Gasteiger partial charge in [-0.25, -0.2) is 0 Å². The summed E-state index contributed by atoms with van der Waals surface area (Å²) in [6.45, 7) is 6.80. The number of aliphatic hydroxyl groups is 2. The highest BCUT2D eigenvalue weighted by Crippen LogP contribution is 2.62. The van der Waals surface area contributed by atoms with Crippen molar-refractivity contribution in [3.63, 3.8) is 0 Å². The molecule has 5 rings (SSSR count). The van der Waals surface area contributed by atoms with Gasteiger partial charge in [0, 0.05) is 49.5 Å². The SMILES string of the molecule is C=CCOC12Oc3ccc(Oc4ccc(SC)cc4)cc3C3C(CCCCO)C(CCCCO)C=C(C(=NOC)CC1N(C)C(=O)CCCCCCCCCCC)C32. The monoisotopic (exact) mass is 818 g/mol. The van der Waals surface area contributed by atoms with Crippen molar-refractivity contribution in [2.24, 2.45) is 22.9 Å². The predicted molar refractivity (Wildman–Crippen MR) is 235 cm³/mol. The molecule has 2 N–H and O–H groups in total. The zero-order valence-electron chi connectivity index (χ0n) is 35.7. The standard InChI is InChI=1S/C48H70N2O7S/c1-6-8-9-10-11-12-13-14-15-22-45(53)50(3)44-34-42(49-54-4)40-32-35(20-16-18-29-51)39(21-17-19-30-52)46-41-33-37(56-36-23-26-38(58-5)27-24-36)25-28-43(41)57-48(44,47(40)46)55-31-7-2/h7,23-28,32-33,35,39,44,46-47,51-52H,2,6,8-22,29-31,34H2,1,3-5H3. The van der Waals surface area contributed by atoms with E-state index in [0.717, 1.165) is 79.7 Å². The molecule has 58 heavy (non-hydrogen) atoms. The number of unbranched alkanes of at least 4 members (excludes halogenated alkanes) is 10. The molecule has 1 heterocycles. The summed E-state index contributed by atoms with van der Waals surface area (Å²) in [5, 5.41) is 24.4. The van der Waals surface area contributed by atoms with Gasteiger partial charge in [-0.1, -0.05) is 88.4 Å². The molecular formula is C48H70N2O7S. The number of likely N-dealkylation sites (N-methyl/N-ethyl adjacent to an activating group) is 1. The Bertz CT molecular complexity index is 1650. The molecule has 0 spiro atoms. The van der Waals surface area contributed by atoms with E-state index in [0.29, 0.717) is 25.0 Å². The number of hydrogen-bond donors (Lipinski definition) is 2. The van der Waals surface area contributed by atoms with E-state index in [4.69, 9.17) is 19.0 Å². The van der Waals surface area contributed by atoms with E-state index >= 15 is 0 Å². The molecule has 1 fully saturated rings. The summed E-state index contributed by atoms with van der Waals surface area (Å²) in [5.41, 5.74) is 2.87. The lowest BCUT2D eigenvalue weighted by molar-refractivity contribution is -0.255. The maximum absolute atomic E-state index is 14.2. The number of benzene rings is 2. The number of aliphatic hydroxyl groups excluding tert-OH is 2. The first kappa shape index (κ1) is 45.8. The van der Waals surface area contributed by atoms with Gasteiger partial charge in [-0.05, 0) is 98.2 Å². The summed E-state index contributed by atoms with van der Waals surface area (Å²) in [6.07, 6.45) is 22.7. The van der Waals surface area contributed by atoms with Gasteiger partial charge in [-0.3, -0.25) is 4.79 Å². The van der Waals surface area contributed by atoms with Gasteiger partial charge in [0.15, 0.2) is 0 Å². The van der Waals surface area contributed by atoms with Gasteiger partial charge < -0.3 is 34.2 Å². The average molecular weight is 819 g/mol. The molecule has 6 atom stereocenters. The largest absolute Gasteiger partial charge is 0.459 e. The van der Waals surface area contributed by atoms with Gasteiger partial charge in [0.2, 0.25) is 11.7 Å². The summed E-state index contributed by atoms with van der Waals surface area (Å²) in [7, 11) is 3.47. The van der Waals surface area contributed by atoms with E-state index < -0.39 is 11.8 Å². The Morgan fingerprint density at radius 1 is 0.948 bits per heavy atom. The van der Waals surface area contributed by atoms with Crippen molar-refractivity contribution in [3.05, 3.63) is 72.3 Å². The molecule has 1 aliphatic heterocycles. The third kappa shape index (κ3) is 11.3. The summed E-state index contributed by atoms with van der Waals surface area (Å²) in [4.78, 5) is 22.8. The van der Waals surface area contributed by atoms with Gasteiger partial charge >= 0.3 is 0 Å². The van der Waals surface area contributed by atoms with Gasteiger partial charge in [0.05, 0.1) is 18.2 Å². The highest BCUT2D eigenvalue weighted by Gasteiger charge is 2.65. The second-order valence-corrected chi connectivity index (χ2v) is 17.2. The maximum atomic E-state index is 14.2. The number of thioether (sulfide) groups is 1. The lowest BCUT2D eigenvalue weighted by atomic mass is 9.55. The molecule has 0 radical (unpaired) electrons. The van der Waals surface area contributed by atoms with Crippen molar-refractivity contribution in [2.45, 2.75) is 139 Å². The van der Waals surface area contributed by atoms with Crippen molar-refractivity contribution < 1.29 is 34.1 Å². The van der Waals surface area contributed by atoms with Gasteiger partial charge in [-0.15, -0.1) is 18.3 Å². The van der Waals surface area contributed by atoms with Crippen LogP contribution in [0.1, 0.15) is 128 Å². The number of fused-ring (bicyclic) bond motifs is 2. The summed E-state index contributed by atoms with van der Waals surface area (Å²) < 4.78 is 20.8. The van der Waals surface area contributed by atoms with Crippen LogP contribution in [0, 0.1) is 17.8 Å². The zero-order chi connectivity index (χ0) is 41.3. The topological polar surface area (TPSA) is 110 Å². The number of rotatable bonds is 26. The molecule has 320 valence electrons. The Morgan fingerprint density at radius 3 is 2.28 bits per heavy atom. The minimum Gasteiger partial charge on any atom is -0.459 e. The summed E-state index contributed by atoms with van der Waals surface area (Å²) in [6, 6.07) is 13.7. The van der Waals surface area contributed by atoms with Gasteiger partial charge in [-0.2, -0.15) is 0 Å². The van der Waals surface area contributed by atoms with Gasteiger partial charge in [0.25, 0.3) is 0 Å². The number of amides is 1. The van der Waals surface area contributed by atoms with Crippen LogP contribution in [-0.2, 0) is 14.4 Å². The molecule has 3 aliphatic rings. The van der Waals surface area contributed by atoms with Crippen LogP contribution in [0.15, 0.2) is 76.8 Å². The number of carbonyl (C=O) groups excluding carboxylic acids is 1. The second-order valence-electron chi connectivity index (χ2n) is 16.3. The minimum absolute atomic E-state index is 0.0677. The van der Waals surface area contributed by atoms with Crippen molar-refractivity contribution >= 4 is 23.4 Å². The lowest BCUT2D eigenvalue weighted by Gasteiger charge is -2.59. The number of nitrogens with zero attached hydrogens (tertiary/aromatic N) is 2. The third-order valence-electron chi connectivity index (χ3n) is 12.5. The van der Waals surface area contributed by atoms with Crippen LogP contribution >= 0.6 is 11.8 Å². The Kier molecular flexibility index (Phi) is 18.5. The smallest absolute Gasteiger partial charge is 0.239 e. The van der Waals surface area contributed by atoms with Crippen LogP contribution in [0.2, 0.25) is 0 Å². The van der Waals surface area contributed by atoms with Gasteiger partial charge in [0.1, 0.15) is 30.4 Å². The normalized spacial score (nSPS) is 24.0. The molecule has 1 amide bonds. The van der Waals surface area contributed by atoms with E-state index in [1.807, 2.05) is 36.2 Å². The number of oxime groups is 1. The first-order valence-corrected chi connectivity index (χ1v) is 23.3. The highest BCUT2D eigenvalue weighted by atomic mass is 32.2. The first-order valence-electron chi connectivity index (χ1n) is 22.0. The fraction of sp³-hybridized carbons (Fsp3) is 0.625. The second kappa shape index (κ2) is 23.5. The molecule has 0 saturated heterocycles. The minimum atomic E-state index is -1.24. The van der Waals surface area contributed by atoms with E-state index in [1.54, 1.807) is 24.9 Å². The van der Waals surface area contributed by atoms with E-state index in [1.165, 1.54) is 43.4 Å². The number of allylic oxidation sites excluding steroid dienone is 1. The maximum Gasteiger partial charge on any atom is 0.239 e. The Balaban J connectivity index is 1.56. The van der Waals surface area contributed by atoms with Crippen molar-refractivity contribution in [3.8, 4) is 17.2 Å². The molecule has 1 saturated carbocycles. The van der Waals surface area contributed by atoms with E-state index in [9.17, 15) is 15.0 Å². The van der Waals surface area contributed by atoms with Crippen LogP contribution in [-0.4, -0.2) is 78.8 Å². The van der Waals surface area contributed by atoms with Crippen LogP contribution in [0.5, 0.6) is 17.2 Å². The molecule has 2 aromatic rings. The summed E-state index contributed by atoms with van der Waals surface area (Å²) >= 11 is 1.69. The molecule has 10 heteroatoms. The molecule has 6 unspecified atom stereocenters. The van der Waals surface area contributed by atoms with E-state index in [2.05, 4.69) is 49.2 Å². The lowest BCUT2D eigenvalue weighted by Crippen LogP contribution is -2.69. The van der Waals surface area contributed by atoms with Crippen LogP contribution < -0.4 is 9.47 Å². The molecule has 9 nitrogen and oxygen atoms in total. The summed E-state index contributed by atoms with van der Waals surface area (Å²) in [5.74, 6) is 0.893. The first-order chi connectivity index (χ1) is 28.3. The molecule has 0 bridgehead atoms. The number of hydrogen-bond acceptors (Lipinski definition) is 9. The molecule has 2 aliphatic carbocycles. The highest BCUT2D eigenvalue weighted by molar-refractivity contribution is 7.98. The Labute approximate surface area is 352 Å². The van der Waals surface area contributed by atoms with Crippen LogP contribution in [0.4, 0.5) is 0 Å².